The van der Waals surface area contributed by atoms with Crippen molar-refractivity contribution in [3.63, 3.8) is 0 Å². The van der Waals surface area contributed by atoms with Gasteiger partial charge in [0.25, 0.3) is 5.91 Å². The Kier molecular flexibility index (Phi) is 7.06. The molecule has 2 aromatic rings. The highest BCUT2D eigenvalue weighted by Crippen LogP contribution is 2.28. The van der Waals surface area contributed by atoms with Crippen LogP contribution in [0.25, 0.3) is 5.57 Å². The molecule has 0 aliphatic carbocycles. The first-order valence-corrected chi connectivity index (χ1v) is 12.2. The number of fused-ring (bicyclic) bond motifs is 1. The molecule has 0 aromatic heterocycles. The summed E-state index contributed by atoms with van der Waals surface area (Å²) >= 11 is 0. The Balaban J connectivity index is 1.40. The number of anilines is 1. The maximum atomic E-state index is 12.9. The molecule has 0 spiro atoms. The van der Waals surface area contributed by atoms with E-state index in [2.05, 4.69) is 11.4 Å². The third-order valence-electron chi connectivity index (χ3n) is 6.44. The molecule has 2 aliphatic heterocycles. The van der Waals surface area contributed by atoms with Crippen molar-refractivity contribution >= 4 is 29.4 Å². The minimum Gasteiger partial charge on any atom is -0.465 e. The number of carbonyl (C=O) groups is 3. The summed E-state index contributed by atoms with van der Waals surface area (Å²) in [5.41, 5.74) is 6.02. The number of nitrogens with zero attached hydrogens (tertiary/aromatic N) is 2. The third kappa shape index (κ3) is 5.87. The largest absolute Gasteiger partial charge is 0.465 e. The Morgan fingerprint density at radius 3 is 2.36 bits per heavy atom. The molecule has 8 heteroatoms. The van der Waals surface area contributed by atoms with Crippen LogP contribution in [0.4, 0.5) is 15.3 Å². The van der Waals surface area contributed by atoms with Gasteiger partial charge in [0, 0.05) is 37.4 Å². The van der Waals surface area contributed by atoms with Crippen LogP contribution < -0.4 is 5.32 Å². The van der Waals surface area contributed by atoms with Gasteiger partial charge >= 0.3 is 12.2 Å². The molecular weight excluding hydrogens is 458 g/mol. The molecule has 2 aliphatic rings. The van der Waals surface area contributed by atoms with Crippen LogP contribution in [0, 0.1) is 6.92 Å². The molecule has 0 unspecified atom stereocenters. The summed E-state index contributed by atoms with van der Waals surface area (Å²) in [7, 11) is 0. The lowest BCUT2D eigenvalue weighted by Gasteiger charge is -2.30. The average molecular weight is 492 g/mol. The number of amides is 3. The summed E-state index contributed by atoms with van der Waals surface area (Å²) in [6.45, 7) is 9.48. The highest BCUT2D eigenvalue weighted by atomic mass is 16.6. The molecule has 2 N–H and O–H groups in total. The number of ether oxygens (including phenoxy) is 1. The van der Waals surface area contributed by atoms with E-state index in [0.29, 0.717) is 43.9 Å². The average Bonchev–Trinajstić information content (AvgIpc) is 2.82. The molecule has 190 valence electrons. The van der Waals surface area contributed by atoms with Crippen molar-refractivity contribution in [2.45, 2.75) is 52.7 Å². The van der Waals surface area contributed by atoms with Crippen LogP contribution in [-0.4, -0.2) is 58.2 Å². The molecule has 0 radical (unpaired) electrons. The fourth-order valence-corrected chi connectivity index (χ4v) is 4.57. The number of benzene rings is 2. The van der Waals surface area contributed by atoms with E-state index in [0.717, 1.165) is 28.7 Å². The van der Waals surface area contributed by atoms with E-state index in [4.69, 9.17) is 4.74 Å². The van der Waals surface area contributed by atoms with Gasteiger partial charge in [0.05, 0.1) is 0 Å². The van der Waals surface area contributed by atoms with E-state index in [1.807, 2.05) is 58.0 Å². The van der Waals surface area contributed by atoms with Gasteiger partial charge in [0.2, 0.25) is 0 Å². The molecule has 0 atom stereocenters. The number of carboxylic acid groups (broad SMARTS) is 1. The summed E-state index contributed by atoms with van der Waals surface area (Å²) in [4.78, 5) is 39.5. The maximum Gasteiger partial charge on any atom is 0.410 e. The van der Waals surface area contributed by atoms with Crippen LogP contribution in [0.5, 0.6) is 0 Å². The van der Waals surface area contributed by atoms with Crippen LogP contribution in [0.2, 0.25) is 0 Å². The second-order valence-electron chi connectivity index (χ2n) is 10.3. The predicted octanol–water partition coefficient (Wildman–Crippen LogP) is 5.31. The summed E-state index contributed by atoms with van der Waals surface area (Å²) in [5, 5.41) is 12.2. The summed E-state index contributed by atoms with van der Waals surface area (Å²) in [5.74, 6) is -0.199. The number of hydrogen-bond donors (Lipinski definition) is 2. The van der Waals surface area contributed by atoms with Crippen LogP contribution in [0.3, 0.4) is 0 Å². The normalized spacial score (nSPS) is 15.6. The smallest absolute Gasteiger partial charge is 0.410 e. The third-order valence-corrected chi connectivity index (χ3v) is 6.44. The standard InChI is InChI=1S/C28H33N3O5/c1-18-15-23(7-8-24(18)19-9-12-30(13-10-19)27(35)36-28(2,3)4)29-25(32)21-5-6-22-17-31(26(33)34)14-11-20(22)16-21/h5-9,15-16H,10-14,17H2,1-4H3,(H,29,32)(H,33,34). The minimum absolute atomic E-state index is 0.199. The summed E-state index contributed by atoms with van der Waals surface area (Å²) in [6, 6.07) is 11.3. The number of aryl methyl sites for hydroxylation is 1. The lowest BCUT2D eigenvalue weighted by atomic mass is 9.95. The van der Waals surface area contributed by atoms with E-state index in [-0.39, 0.29) is 12.0 Å². The molecule has 3 amide bonds. The first-order valence-electron chi connectivity index (χ1n) is 12.2. The number of nitrogens with one attached hydrogen (secondary N) is 1. The molecule has 0 fully saturated rings. The summed E-state index contributed by atoms with van der Waals surface area (Å²) in [6.07, 6.45) is 2.17. The van der Waals surface area contributed by atoms with Crippen molar-refractivity contribution in [1.82, 2.24) is 9.80 Å². The zero-order chi connectivity index (χ0) is 26.0. The van der Waals surface area contributed by atoms with Crippen molar-refractivity contribution in [2.24, 2.45) is 0 Å². The van der Waals surface area contributed by atoms with Gasteiger partial charge in [-0.25, -0.2) is 9.59 Å². The predicted molar refractivity (Wildman–Crippen MR) is 138 cm³/mol. The Morgan fingerprint density at radius 2 is 1.72 bits per heavy atom. The van der Waals surface area contributed by atoms with Gasteiger partial charge in [-0.3, -0.25) is 4.79 Å². The summed E-state index contributed by atoms with van der Waals surface area (Å²) < 4.78 is 5.47. The minimum atomic E-state index is -0.925. The molecule has 0 bridgehead atoms. The van der Waals surface area contributed by atoms with Crippen molar-refractivity contribution in [3.8, 4) is 0 Å². The monoisotopic (exact) mass is 491 g/mol. The molecule has 8 nitrogen and oxygen atoms in total. The number of hydrogen-bond acceptors (Lipinski definition) is 4. The van der Waals surface area contributed by atoms with E-state index in [9.17, 15) is 19.5 Å². The SMILES string of the molecule is Cc1cc(NC(=O)c2ccc3c(c2)CCN(C(=O)O)C3)ccc1C1=CCN(C(=O)OC(C)(C)C)CC1. The lowest BCUT2D eigenvalue weighted by molar-refractivity contribution is 0.0270. The first kappa shape index (κ1) is 25.3. The lowest BCUT2D eigenvalue weighted by Crippen LogP contribution is -2.39. The Labute approximate surface area is 211 Å². The van der Waals surface area contributed by atoms with Gasteiger partial charge in [-0.15, -0.1) is 0 Å². The van der Waals surface area contributed by atoms with Crippen molar-refractivity contribution < 1.29 is 24.2 Å². The van der Waals surface area contributed by atoms with E-state index in [1.165, 1.54) is 10.5 Å². The van der Waals surface area contributed by atoms with Gasteiger partial charge in [0.15, 0.2) is 0 Å². The second kappa shape index (κ2) is 10.0. The quantitative estimate of drug-likeness (QED) is 0.606. The van der Waals surface area contributed by atoms with Crippen LogP contribution in [-0.2, 0) is 17.7 Å². The zero-order valence-electron chi connectivity index (χ0n) is 21.3. The van der Waals surface area contributed by atoms with Gasteiger partial charge in [-0.1, -0.05) is 18.2 Å². The number of rotatable bonds is 3. The van der Waals surface area contributed by atoms with Crippen molar-refractivity contribution in [2.75, 3.05) is 25.0 Å². The number of carbonyl (C=O) groups excluding carboxylic acids is 2. The fraction of sp³-hybridized carbons (Fsp3) is 0.393. The topological polar surface area (TPSA) is 99.2 Å². The molecule has 0 saturated carbocycles. The maximum absolute atomic E-state index is 12.9. The van der Waals surface area contributed by atoms with E-state index in [1.54, 1.807) is 11.0 Å². The Morgan fingerprint density at radius 1 is 0.972 bits per heavy atom. The second-order valence-corrected chi connectivity index (χ2v) is 10.3. The van der Waals surface area contributed by atoms with Crippen LogP contribution >= 0.6 is 0 Å². The van der Waals surface area contributed by atoms with E-state index < -0.39 is 11.7 Å². The molecule has 2 aromatic carbocycles. The molecule has 4 rings (SSSR count). The van der Waals surface area contributed by atoms with Crippen LogP contribution in [0.1, 0.15) is 59.8 Å². The molecular formula is C28H33N3O5. The van der Waals surface area contributed by atoms with Gasteiger partial charge < -0.3 is 25.0 Å². The fourth-order valence-electron chi connectivity index (χ4n) is 4.57. The highest BCUT2D eigenvalue weighted by Gasteiger charge is 2.24. The zero-order valence-corrected chi connectivity index (χ0v) is 21.3. The van der Waals surface area contributed by atoms with Gasteiger partial charge in [-0.05, 0) is 92.6 Å². The van der Waals surface area contributed by atoms with Crippen molar-refractivity contribution in [3.05, 3.63) is 70.3 Å². The molecule has 36 heavy (non-hydrogen) atoms. The molecule has 0 saturated heterocycles. The highest BCUT2D eigenvalue weighted by molar-refractivity contribution is 6.04. The Bertz CT molecular complexity index is 1230. The van der Waals surface area contributed by atoms with E-state index >= 15 is 0 Å². The first-order chi connectivity index (χ1) is 17.0. The van der Waals surface area contributed by atoms with Gasteiger partial charge in [0.1, 0.15) is 5.60 Å². The van der Waals surface area contributed by atoms with Gasteiger partial charge in [-0.2, -0.15) is 0 Å². The van der Waals surface area contributed by atoms with Crippen molar-refractivity contribution in [1.29, 1.82) is 0 Å². The van der Waals surface area contributed by atoms with Crippen LogP contribution in [0.15, 0.2) is 42.5 Å². The Hall–Kier alpha value is -3.81. The molecule has 2 heterocycles.